The van der Waals surface area contributed by atoms with Gasteiger partial charge in [-0.05, 0) is 43.5 Å². The Morgan fingerprint density at radius 1 is 1.17 bits per heavy atom. The van der Waals surface area contributed by atoms with Gasteiger partial charge in [0.1, 0.15) is 12.1 Å². The molecule has 0 unspecified atom stereocenters. The lowest BCUT2D eigenvalue weighted by atomic mass is 9.96. The Balaban J connectivity index is 1.36. The second-order valence-corrected chi connectivity index (χ2v) is 7.60. The average molecular weight is 425 g/mol. The topological polar surface area (TPSA) is 58.4 Å². The van der Waals surface area contributed by atoms with E-state index in [4.69, 9.17) is 11.6 Å². The van der Waals surface area contributed by atoms with Crippen LogP contribution in [0.5, 0.6) is 0 Å². The van der Waals surface area contributed by atoms with Crippen LogP contribution in [0, 0.1) is 5.92 Å². The molecular formula is C19H20ClF3N6. The number of nitrogens with zero attached hydrogens (tertiary/aromatic N) is 5. The van der Waals surface area contributed by atoms with Crippen LogP contribution in [-0.4, -0.2) is 44.1 Å². The summed E-state index contributed by atoms with van der Waals surface area (Å²) >= 11 is 6.24. The maximum Gasteiger partial charge on any atom is 0.433 e. The summed E-state index contributed by atoms with van der Waals surface area (Å²) in [6.45, 7) is 3.20. The molecule has 1 saturated heterocycles. The van der Waals surface area contributed by atoms with Crippen LogP contribution in [0.3, 0.4) is 0 Å². The van der Waals surface area contributed by atoms with Crippen molar-refractivity contribution >= 4 is 23.2 Å². The molecule has 1 aliphatic rings. The third kappa shape index (κ3) is 4.62. The third-order valence-corrected chi connectivity index (χ3v) is 5.54. The molecule has 1 aromatic carbocycles. The first-order valence-electron chi connectivity index (χ1n) is 9.38. The maximum absolute atomic E-state index is 13.1. The van der Waals surface area contributed by atoms with Crippen LogP contribution in [0.4, 0.5) is 19.0 Å². The lowest BCUT2D eigenvalue weighted by Crippen LogP contribution is -2.35. The molecule has 0 radical (unpaired) electrons. The molecule has 154 valence electrons. The minimum atomic E-state index is -4.53. The number of likely N-dealkylation sites (tertiary alicyclic amines) is 1. The number of alkyl halides is 3. The first-order chi connectivity index (χ1) is 13.9. The van der Waals surface area contributed by atoms with Crippen LogP contribution in [0.2, 0.25) is 5.02 Å². The fourth-order valence-electron chi connectivity index (χ4n) is 3.55. The Labute approximate surface area is 170 Å². The predicted molar refractivity (Wildman–Crippen MR) is 104 cm³/mol. The highest BCUT2D eigenvalue weighted by atomic mass is 35.5. The largest absolute Gasteiger partial charge is 0.433 e. The molecule has 0 spiro atoms. The van der Waals surface area contributed by atoms with Crippen molar-refractivity contribution in [3.8, 4) is 0 Å². The number of hydrogen-bond acceptors (Lipinski definition) is 5. The molecule has 1 N–H and O–H groups in total. The van der Waals surface area contributed by atoms with E-state index in [1.54, 1.807) is 0 Å². The van der Waals surface area contributed by atoms with Crippen molar-refractivity contribution in [2.75, 3.05) is 25.0 Å². The number of piperidine rings is 1. The summed E-state index contributed by atoms with van der Waals surface area (Å²) in [4.78, 5) is 9.66. The van der Waals surface area contributed by atoms with Crippen LogP contribution in [0.25, 0.3) is 5.78 Å². The summed E-state index contributed by atoms with van der Waals surface area (Å²) in [5.41, 5.74) is 0.130. The van der Waals surface area contributed by atoms with Crippen molar-refractivity contribution in [2.24, 2.45) is 5.92 Å². The average Bonchev–Trinajstić information content (AvgIpc) is 3.17. The van der Waals surface area contributed by atoms with Crippen molar-refractivity contribution in [1.29, 1.82) is 0 Å². The van der Waals surface area contributed by atoms with Gasteiger partial charge in [-0.25, -0.2) is 4.98 Å². The van der Waals surface area contributed by atoms with E-state index in [-0.39, 0.29) is 11.6 Å². The molecular weight excluding hydrogens is 405 g/mol. The second-order valence-electron chi connectivity index (χ2n) is 7.19. The van der Waals surface area contributed by atoms with Gasteiger partial charge in [0, 0.05) is 24.2 Å². The molecule has 0 aliphatic carbocycles. The minimum Gasteiger partial charge on any atom is -0.370 e. The number of rotatable bonds is 5. The lowest BCUT2D eigenvalue weighted by molar-refractivity contribution is -0.141. The normalized spacial score (nSPS) is 16.4. The molecule has 10 heteroatoms. The zero-order valence-corrected chi connectivity index (χ0v) is 16.3. The highest BCUT2D eigenvalue weighted by molar-refractivity contribution is 6.31. The molecule has 1 aliphatic heterocycles. The smallest absolute Gasteiger partial charge is 0.370 e. The summed E-state index contributed by atoms with van der Waals surface area (Å²) < 4.78 is 40.5. The number of nitrogens with one attached hydrogen (secondary N) is 1. The summed E-state index contributed by atoms with van der Waals surface area (Å²) in [6, 6.07) is 8.80. The van der Waals surface area contributed by atoms with Crippen LogP contribution in [0.15, 0.2) is 36.7 Å². The van der Waals surface area contributed by atoms with Gasteiger partial charge in [-0.1, -0.05) is 29.8 Å². The lowest BCUT2D eigenvalue weighted by Gasteiger charge is -2.32. The Bertz CT molecular complexity index is 981. The summed E-state index contributed by atoms with van der Waals surface area (Å²) in [5.74, 6) is 0.536. The summed E-state index contributed by atoms with van der Waals surface area (Å²) in [5, 5.41) is 7.85. The quantitative estimate of drug-likeness (QED) is 0.667. The minimum absolute atomic E-state index is 0.0723. The van der Waals surface area contributed by atoms with E-state index < -0.39 is 11.9 Å². The summed E-state index contributed by atoms with van der Waals surface area (Å²) in [6.07, 6.45) is -1.43. The first-order valence-corrected chi connectivity index (χ1v) is 9.75. The number of fused-ring (bicyclic) bond motifs is 1. The SMILES string of the molecule is FC(F)(F)c1cc(NCC2CCN(Cc3ccccc3Cl)CC2)n2ncnc2n1. The molecule has 1 fully saturated rings. The maximum atomic E-state index is 13.1. The van der Waals surface area contributed by atoms with Crippen molar-refractivity contribution in [3.63, 3.8) is 0 Å². The molecule has 0 amide bonds. The number of aromatic nitrogens is 4. The first kappa shape index (κ1) is 19.9. The fourth-order valence-corrected chi connectivity index (χ4v) is 3.74. The van der Waals surface area contributed by atoms with E-state index in [0.717, 1.165) is 49.1 Å². The highest BCUT2D eigenvalue weighted by Gasteiger charge is 2.34. The van der Waals surface area contributed by atoms with Crippen LogP contribution >= 0.6 is 11.6 Å². The van der Waals surface area contributed by atoms with Crippen LogP contribution < -0.4 is 5.32 Å². The van der Waals surface area contributed by atoms with E-state index in [0.29, 0.717) is 12.5 Å². The summed E-state index contributed by atoms with van der Waals surface area (Å²) in [7, 11) is 0. The van der Waals surface area contributed by atoms with Crippen molar-refractivity contribution in [3.05, 3.63) is 52.9 Å². The van der Waals surface area contributed by atoms with Gasteiger partial charge in [0.25, 0.3) is 5.78 Å². The van der Waals surface area contributed by atoms with Gasteiger partial charge in [-0.2, -0.15) is 27.8 Å². The number of benzene rings is 1. The standard InChI is InChI=1S/C19H20ClF3N6/c20-15-4-2-1-3-14(15)11-28-7-5-13(6-8-28)10-24-17-9-16(19(21,22)23)27-18-25-12-26-29(17)18/h1-4,9,12-13,24H,5-8,10-11H2. The van der Waals surface area contributed by atoms with Crippen LogP contribution in [0.1, 0.15) is 24.1 Å². The number of anilines is 1. The predicted octanol–water partition coefficient (Wildman–Crippen LogP) is 4.12. The molecule has 0 saturated carbocycles. The molecule has 0 atom stereocenters. The van der Waals surface area contributed by atoms with Gasteiger partial charge < -0.3 is 5.32 Å². The Morgan fingerprint density at radius 3 is 2.66 bits per heavy atom. The molecule has 0 bridgehead atoms. The van der Waals surface area contributed by atoms with E-state index in [2.05, 4.69) is 25.3 Å². The van der Waals surface area contributed by atoms with Crippen molar-refractivity contribution < 1.29 is 13.2 Å². The zero-order valence-electron chi connectivity index (χ0n) is 15.5. The van der Waals surface area contributed by atoms with E-state index >= 15 is 0 Å². The van der Waals surface area contributed by atoms with E-state index in [1.807, 2.05) is 24.3 Å². The Kier molecular flexibility index (Phi) is 5.60. The molecule has 3 heterocycles. The molecule has 29 heavy (non-hydrogen) atoms. The Hall–Kier alpha value is -2.39. The van der Waals surface area contributed by atoms with Gasteiger partial charge in [0.15, 0.2) is 5.69 Å². The molecule has 3 aromatic rings. The fraction of sp³-hybridized carbons (Fsp3) is 0.421. The van der Waals surface area contributed by atoms with Crippen LogP contribution in [-0.2, 0) is 12.7 Å². The van der Waals surface area contributed by atoms with Gasteiger partial charge in [0.2, 0.25) is 0 Å². The molecule has 2 aromatic heterocycles. The Morgan fingerprint density at radius 2 is 1.93 bits per heavy atom. The highest BCUT2D eigenvalue weighted by Crippen LogP contribution is 2.30. The van der Waals surface area contributed by atoms with Gasteiger partial charge in [-0.15, -0.1) is 0 Å². The monoisotopic (exact) mass is 424 g/mol. The van der Waals surface area contributed by atoms with E-state index in [1.165, 1.54) is 10.8 Å². The van der Waals surface area contributed by atoms with Crippen molar-refractivity contribution in [1.82, 2.24) is 24.5 Å². The van der Waals surface area contributed by atoms with Gasteiger partial charge >= 0.3 is 6.18 Å². The zero-order chi connectivity index (χ0) is 20.4. The number of hydrogen-bond donors (Lipinski definition) is 1. The van der Waals surface area contributed by atoms with Crippen molar-refractivity contribution in [2.45, 2.75) is 25.6 Å². The molecule has 4 rings (SSSR count). The second kappa shape index (κ2) is 8.16. The van der Waals surface area contributed by atoms with Gasteiger partial charge in [-0.3, -0.25) is 4.90 Å². The van der Waals surface area contributed by atoms with Gasteiger partial charge in [0.05, 0.1) is 0 Å². The van der Waals surface area contributed by atoms with E-state index in [9.17, 15) is 13.2 Å². The number of halogens is 4. The molecule has 6 nitrogen and oxygen atoms in total. The third-order valence-electron chi connectivity index (χ3n) is 5.17.